The van der Waals surface area contributed by atoms with Crippen LogP contribution in [0.2, 0.25) is 0 Å². The first-order chi connectivity index (χ1) is 13.4. The molecule has 2 atom stereocenters. The molecule has 2 aromatic rings. The minimum absolute atomic E-state index is 0.0511. The third-order valence-corrected chi connectivity index (χ3v) is 5.13. The quantitative estimate of drug-likeness (QED) is 0.732. The average Bonchev–Trinajstić information content (AvgIpc) is 3.19. The molecule has 1 aromatic carbocycles. The number of likely N-dealkylation sites (N-methyl/N-ethyl adjacent to an activating group) is 1. The Morgan fingerprint density at radius 2 is 2.18 bits per heavy atom. The van der Waals surface area contributed by atoms with E-state index in [4.69, 9.17) is 0 Å². The van der Waals surface area contributed by atoms with Gasteiger partial charge < -0.3 is 10.2 Å². The molecule has 1 N–H and O–H groups in total. The van der Waals surface area contributed by atoms with E-state index in [0.717, 1.165) is 0 Å². The van der Waals surface area contributed by atoms with Crippen molar-refractivity contribution in [3.8, 4) is 0 Å². The molecule has 9 heteroatoms. The molecule has 0 bridgehead atoms. The lowest BCUT2D eigenvalue weighted by Crippen LogP contribution is -2.62. The van der Waals surface area contributed by atoms with Gasteiger partial charge in [0.2, 0.25) is 11.8 Å². The first kappa shape index (κ1) is 19.9. The molecule has 150 valence electrons. The number of aromatic nitrogens is 4. The van der Waals surface area contributed by atoms with E-state index in [0.29, 0.717) is 32.6 Å². The van der Waals surface area contributed by atoms with Crippen LogP contribution in [0.15, 0.2) is 30.6 Å². The van der Waals surface area contributed by atoms with E-state index in [1.165, 1.54) is 22.1 Å². The summed E-state index contributed by atoms with van der Waals surface area (Å²) in [5.41, 5.74) is 2.36. The van der Waals surface area contributed by atoms with Crippen LogP contribution in [0.5, 0.6) is 0 Å². The van der Waals surface area contributed by atoms with Gasteiger partial charge in [0, 0.05) is 39.1 Å². The Labute approximate surface area is 164 Å². The Hall–Kier alpha value is -2.81. The van der Waals surface area contributed by atoms with Crippen molar-refractivity contribution in [3.63, 3.8) is 0 Å². The molecule has 0 saturated carbocycles. The van der Waals surface area contributed by atoms with Crippen molar-refractivity contribution in [3.05, 3.63) is 41.7 Å². The maximum absolute atomic E-state index is 12.5. The first-order valence-corrected chi connectivity index (χ1v) is 9.48. The van der Waals surface area contributed by atoms with Crippen molar-refractivity contribution < 1.29 is 9.59 Å². The molecule has 0 spiro atoms. The molecular formula is C19H27N7O2. The van der Waals surface area contributed by atoms with E-state index in [1.54, 1.807) is 4.90 Å². The summed E-state index contributed by atoms with van der Waals surface area (Å²) in [6.07, 6.45) is 1.79. The first-order valence-electron chi connectivity index (χ1n) is 9.48. The Morgan fingerprint density at radius 3 is 2.89 bits per heavy atom. The minimum atomic E-state index is -0.234. The van der Waals surface area contributed by atoms with Crippen LogP contribution in [-0.2, 0) is 22.7 Å². The molecule has 0 aliphatic carbocycles. The predicted molar refractivity (Wildman–Crippen MR) is 103 cm³/mol. The second kappa shape index (κ2) is 8.92. The van der Waals surface area contributed by atoms with Gasteiger partial charge in [-0.05, 0) is 29.8 Å². The number of hydrogen-bond acceptors (Lipinski definition) is 6. The zero-order chi connectivity index (χ0) is 20.1. The number of benzene rings is 1. The van der Waals surface area contributed by atoms with Crippen LogP contribution >= 0.6 is 0 Å². The van der Waals surface area contributed by atoms with Crippen molar-refractivity contribution in [2.75, 3.05) is 20.1 Å². The second-order valence-electron chi connectivity index (χ2n) is 7.34. The van der Waals surface area contributed by atoms with Crippen LogP contribution < -0.4 is 5.32 Å². The number of carbonyl (C=O) groups excluding carboxylic acids is 2. The molecule has 2 heterocycles. The van der Waals surface area contributed by atoms with E-state index in [9.17, 15) is 9.59 Å². The number of aryl methyl sites for hydroxylation is 2. The van der Waals surface area contributed by atoms with E-state index >= 15 is 0 Å². The Kier molecular flexibility index (Phi) is 6.35. The topological polar surface area (TPSA) is 96.2 Å². The Bertz CT molecular complexity index is 808. The number of nitrogens with one attached hydrogen (secondary N) is 1. The highest BCUT2D eigenvalue weighted by Gasteiger charge is 2.36. The standard InChI is InChI=1S/C19H27N7O2/c1-14-5-4-6-16(9-14)11-26-15(2)19(28)24(3)12-17(26)10-20-18(27)7-8-25-13-21-22-23-25/h4-6,9,13,15,17H,7-8,10-12H2,1-3H3,(H,20,27)/t15-,17+/m0/s1. The number of rotatable bonds is 7. The lowest BCUT2D eigenvalue weighted by molar-refractivity contribution is -0.143. The molecule has 1 fully saturated rings. The van der Waals surface area contributed by atoms with Crippen LogP contribution in [0.4, 0.5) is 0 Å². The third-order valence-electron chi connectivity index (χ3n) is 5.13. The van der Waals surface area contributed by atoms with Gasteiger partial charge in [-0.15, -0.1) is 5.10 Å². The van der Waals surface area contributed by atoms with Crippen LogP contribution in [0.25, 0.3) is 0 Å². The van der Waals surface area contributed by atoms with E-state index in [1.807, 2.05) is 20.0 Å². The number of amides is 2. The summed E-state index contributed by atoms with van der Waals surface area (Å²) in [6, 6.07) is 8.12. The lowest BCUT2D eigenvalue weighted by Gasteiger charge is -2.44. The Morgan fingerprint density at radius 1 is 1.36 bits per heavy atom. The third kappa shape index (κ3) is 4.92. The fourth-order valence-corrected chi connectivity index (χ4v) is 3.58. The highest BCUT2D eigenvalue weighted by atomic mass is 16.2. The van der Waals surface area contributed by atoms with Crippen molar-refractivity contribution in [2.24, 2.45) is 0 Å². The smallest absolute Gasteiger partial charge is 0.239 e. The zero-order valence-electron chi connectivity index (χ0n) is 16.6. The van der Waals surface area contributed by atoms with Crippen LogP contribution in [0, 0.1) is 6.92 Å². The molecule has 3 rings (SSSR count). The largest absolute Gasteiger partial charge is 0.354 e. The minimum Gasteiger partial charge on any atom is -0.354 e. The highest BCUT2D eigenvalue weighted by molar-refractivity contribution is 5.82. The Balaban J connectivity index is 1.61. The molecular weight excluding hydrogens is 358 g/mol. The second-order valence-corrected chi connectivity index (χ2v) is 7.34. The van der Waals surface area contributed by atoms with Gasteiger partial charge in [0.15, 0.2) is 0 Å². The highest BCUT2D eigenvalue weighted by Crippen LogP contribution is 2.19. The number of hydrogen-bond donors (Lipinski definition) is 1. The van der Waals surface area contributed by atoms with Crippen molar-refractivity contribution >= 4 is 11.8 Å². The molecule has 1 aliphatic rings. The summed E-state index contributed by atoms with van der Waals surface area (Å²) < 4.78 is 1.53. The average molecular weight is 385 g/mol. The normalized spacial score (nSPS) is 20.4. The fourth-order valence-electron chi connectivity index (χ4n) is 3.58. The summed E-state index contributed by atoms with van der Waals surface area (Å²) in [4.78, 5) is 28.6. The van der Waals surface area contributed by atoms with Gasteiger partial charge in [-0.1, -0.05) is 29.8 Å². The van der Waals surface area contributed by atoms with Crippen LogP contribution in [-0.4, -0.2) is 74.0 Å². The molecule has 1 aliphatic heterocycles. The summed E-state index contributed by atoms with van der Waals surface area (Å²) in [5, 5.41) is 13.9. The van der Waals surface area contributed by atoms with Gasteiger partial charge in [0.05, 0.1) is 12.6 Å². The maximum atomic E-state index is 12.5. The van der Waals surface area contributed by atoms with E-state index in [-0.39, 0.29) is 23.9 Å². The van der Waals surface area contributed by atoms with E-state index < -0.39 is 0 Å². The molecule has 1 saturated heterocycles. The zero-order valence-corrected chi connectivity index (χ0v) is 16.6. The SMILES string of the molecule is Cc1cccc(CN2[C@H](CNC(=O)CCn3cnnn3)CN(C)C(=O)[C@@H]2C)c1. The monoisotopic (exact) mass is 385 g/mol. The predicted octanol–water partition coefficient (Wildman–Crippen LogP) is 0.219. The van der Waals surface area contributed by atoms with E-state index in [2.05, 4.69) is 50.9 Å². The molecule has 1 aromatic heterocycles. The van der Waals surface area contributed by atoms with Gasteiger partial charge in [-0.2, -0.15) is 0 Å². The molecule has 0 radical (unpaired) electrons. The van der Waals surface area contributed by atoms with Crippen molar-refractivity contribution in [1.82, 2.24) is 35.3 Å². The molecule has 28 heavy (non-hydrogen) atoms. The van der Waals surface area contributed by atoms with Gasteiger partial charge in [0.1, 0.15) is 6.33 Å². The van der Waals surface area contributed by atoms with Gasteiger partial charge >= 0.3 is 0 Å². The number of carbonyl (C=O) groups is 2. The van der Waals surface area contributed by atoms with Crippen molar-refractivity contribution in [2.45, 2.75) is 45.4 Å². The summed E-state index contributed by atoms with van der Waals surface area (Å²) in [5.74, 6) is 0.0483. The van der Waals surface area contributed by atoms with Gasteiger partial charge in [0.25, 0.3) is 0 Å². The van der Waals surface area contributed by atoms with Gasteiger partial charge in [-0.25, -0.2) is 4.68 Å². The van der Waals surface area contributed by atoms with Gasteiger partial charge in [-0.3, -0.25) is 14.5 Å². The molecule has 2 amide bonds. The summed E-state index contributed by atoms with van der Waals surface area (Å²) in [7, 11) is 1.81. The summed E-state index contributed by atoms with van der Waals surface area (Å²) in [6.45, 7) is 6.17. The lowest BCUT2D eigenvalue weighted by atomic mass is 10.0. The molecule has 0 unspecified atom stereocenters. The fraction of sp³-hybridized carbons (Fsp3) is 0.526. The number of nitrogens with zero attached hydrogens (tertiary/aromatic N) is 6. The van der Waals surface area contributed by atoms with Crippen molar-refractivity contribution in [1.29, 1.82) is 0 Å². The van der Waals surface area contributed by atoms with Crippen LogP contribution in [0.1, 0.15) is 24.5 Å². The number of tetrazole rings is 1. The molecule has 9 nitrogen and oxygen atoms in total. The van der Waals surface area contributed by atoms with Crippen LogP contribution in [0.3, 0.4) is 0 Å². The number of piperazine rings is 1. The maximum Gasteiger partial charge on any atom is 0.239 e. The summed E-state index contributed by atoms with van der Waals surface area (Å²) >= 11 is 0.